The van der Waals surface area contributed by atoms with Crippen LogP contribution in [-0.4, -0.2) is 17.7 Å². The molecule has 0 amide bonds. The Bertz CT molecular complexity index is 404. The first-order valence-electron chi connectivity index (χ1n) is 7.37. The van der Waals surface area contributed by atoms with Crippen LogP contribution >= 0.6 is 0 Å². The van der Waals surface area contributed by atoms with E-state index in [1.54, 1.807) is 0 Å². The highest BCUT2D eigenvalue weighted by Crippen LogP contribution is 2.61. The molecule has 0 aromatic heterocycles. The smallest absolute Gasteiger partial charge is 0.299 e. The molecule has 4 saturated carbocycles. The Labute approximate surface area is 116 Å². The minimum Gasteiger partial charge on any atom is -0.299 e. The predicted octanol–water partition coefficient (Wildman–Crippen LogP) is 3.68. The van der Waals surface area contributed by atoms with Gasteiger partial charge in [0.15, 0.2) is 0 Å². The molecule has 0 radical (unpaired) electrons. The Morgan fingerprint density at radius 3 is 1.80 bits per heavy atom. The number of halogens is 3. The summed E-state index contributed by atoms with van der Waals surface area (Å²) in [7, 11) is 0. The van der Waals surface area contributed by atoms with Gasteiger partial charge < -0.3 is 0 Å². The van der Waals surface area contributed by atoms with Crippen LogP contribution in [0.25, 0.3) is 0 Å². The molecule has 0 unspecified atom stereocenters. The molecule has 0 atom stereocenters. The third-order valence-electron chi connectivity index (χ3n) is 5.41. The normalized spacial score (nSPS) is 39.0. The van der Waals surface area contributed by atoms with Gasteiger partial charge in [0.1, 0.15) is 5.78 Å². The van der Waals surface area contributed by atoms with Gasteiger partial charge in [-0.15, -0.1) is 0 Å². The van der Waals surface area contributed by atoms with Crippen molar-refractivity contribution in [3.05, 3.63) is 0 Å². The summed E-state index contributed by atoms with van der Waals surface area (Å²) >= 11 is 0. The van der Waals surface area contributed by atoms with E-state index in [-0.39, 0.29) is 11.8 Å². The number of Topliss-reactive ketones (excluding diaryl/α,β-unsaturated/α-hetero) is 2. The molecule has 0 aromatic carbocycles. The number of alkyl halides is 3. The second-order valence-corrected chi connectivity index (χ2v) is 7.23. The van der Waals surface area contributed by atoms with Crippen LogP contribution < -0.4 is 0 Å². The van der Waals surface area contributed by atoms with Crippen LogP contribution in [0.2, 0.25) is 0 Å². The average molecular weight is 288 g/mol. The molecule has 112 valence electrons. The molecule has 4 aliphatic carbocycles. The average Bonchev–Trinajstić information content (AvgIpc) is 2.23. The summed E-state index contributed by atoms with van der Waals surface area (Å²) in [4.78, 5) is 22.8. The van der Waals surface area contributed by atoms with Gasteiger partial charge in [-0.05, 0) is 61.7 Å². The second-order valence-electron chi connectivity index (χ2n) is 7.23. The number of carbonyl (C=O) groups excluding carboxylic acids is 2. The maximum Gasteiger partial charge on any atom is 0.450 e. The summed E-state index contributed by atoms with van der Waals surface area (Å²) in [5.41, 5.74) is -0.0856. The Hall–Kier alpha value is -0.870. The van der Waals surface area contributed by atoms with Crippen LogP contribution in [0.5, 0.6) is 0 Å². The van der Waals surface area contributed by atoms with Gasteiger partial charge in [0.2, 0.25) is 5.78 Å². The van der Waals surface area contributed by atoms with Gasteiger partial charge >= 0.3 is 6.18 Å². The lowest BCUT2D eigenvalue weighted by atomic mass is 9.48. The lowest BCUT2D eigenvalue weighted by Gasteiger charge is -2.56. The molecule has 4 bridgehead atoms. The number of hydrogen-bond acceptors (Lipinski definition) is 2. The Morgan fingerprint density at radius 2 is 1.40 bits per heavy atom. The number of hydrogen-bond donors (Lipinski definition) is 0. The molecule has 0 spiro atoms. The van der Waals surface area contributed by atoms with E-state index in [2.05, 4.69) is 0 Å². The Morgan fingerprint density at radius 1 is 0.950 bits per heavy atom. The molecule has 2 nitrogen and oxygen atoms in total. The van der Waals surface area contributed by atoms with E-state index < -0.39 is 24.2 Å². The molecule has 0 saturated heterocycles. The van der Waals surface area contributed by atoms with E-state index in [9.17, 15) is 22.8 Å². The highest BCUT2D eigenvalue weighted by Gasteiger charge is 2.51. The summed E-state index contributed by atoms with van der Waals surface area (Å²) in [6, 6.07) is 0. The van der Waals surface area contributed by atoms with E-state index >= 15 is 0 Å². The lowest BCUT2D eigenvalue weighted by molar-refractivity contribution is -0.172. The zero-order valence-corrected chi connectivity index (χ0v) is 11.3. The van der Waals surface area contributed by atoms with Crippen molar-refractivity contribution in [3.63, 3.8) is 0 Å². The van der Waals surface area contributed by atoms with Crippen molar-refractivity contribution in [2.75, 3.05) is 0 Å². The Balaban J connectivity index is 1.63. The third kappa shape index (κ3) is 2.63. The van der Waals surface area contributed by atoms with Gasteiger partial charge in [-0.3, -0.25) is 9.59 Å². The molecular weight excluding hydrogens is 269 g/mol. The van der Waals surface area contributed by atoms with Crippen LogP contribution in [-0.2, 0) is 9.59 Å². The molecule has 5 heteroatoms. The highest BCUT2D eigenvalue weighted by atomic mass is 19.4. The van der Waals surface area contributed by atoms with Crippen LogP contribution in [0.3, 0.4) is 0 Å². The SMILES string of the molecule is O=C(CC(=O)C(F)(F)F)CC12CC3CC(CC(C3)C1)C2. The van der Waals surface area contributed by atoms with E-state index in [1.165, 1.54) is 19.3 Å². The van der Waals surface area contributed by atoms with Crippen LogP contribution in [0.15, 0.2) is 0 Å². The summed E-state index contributed by atoms with van der Waals surface area (Å²) in [6.45, 7) is 0. The molecule has 4 aliphatic rings. The van der Waals surface area contributed by atoms with E-state index in [4.69, 9.17) is 0 Å². The quantitative estimate of drug-likeness (QED) is 0.739. The van der Waals surface area contributed by atoms with Crippen molar-refractivity contribution in [2.45, 2.75) is 57.5 Å². The van der Waals surface area contributed by atoms with Crippen LogP contribution in [0, 0.1) is 23.2 Å². The van der Waals surface area contributed by atoms with Gasteiger partial charge in [-0.2, -0.15) is 13.2 Å². The fourth-order valence-corrected chi connectivity index (χ4v) is 5.27. The zero-order chi connectivity index (χ0) is 14.5. The van der Waals surface area contributed by atoms with Gasteiger partial charge in [-0.25, -0.2) is 0 Å². The van der Waals surface area contributed by atoms with Crippen molar-refractivity contribution in [1.82, 2.24) is 0 Å². The summed E-state index contributed by atoms with van der Waals surface area (Å²) in [5.74, 6) is -0.436. The minimum absolute atomic E-state index is 0.0856. The monoisotopic (exact) mass is 288 g/mol. The van der Waals surface area contributed by atoms with Crippen molar-refractivity contribution in [2.24, 2.45) is 23.2 Å². The number of rotatable bonds is 4. The number of ketones is 2. The fraction of sp³-hybridized carbons (Fsp3) is 0.867. The second kappa shape index (κ2) is 4.57. The first-order valence-corrected chi connectivity index (χ1v) is 7.37. The van der Waals surface area contributed by atoms with Gasteiger partial charge in [0, 0.05) is 6.42 Å². The van der Waals surface area contributed by atoms with Gasteiger partial charge in [0.05, 0.1) is 6.42 Å². The van der Waals surface area contributed by atoms with E-state index in [0.29, 0.717) is 17.8 Å². The highest BCUT2D eigenvalue weighted by molar-refractivity contribution is 6.01. The van der Waals surface area contributed by atoms with Crippen LogP contribution in [0.4, 0.5) is 13.2 Å². The Kier molecular flexibility index (Phi) is 3.22. The summed E-state index contributed by atoms with van der Waals surface area (Å²) in [5, 5.41) is 0. The molecule has 0 aromatic rings. The maximum atomic E-state index is 12.2. The summed E-state index contributed by atoms with van der Waals surface area (Å²) in [6.07, 6.45) is 0.959. The molecule has 0 aliphatic heterocycles. The van der Waals surface area contributed by atoms with Gasteiger partial charge in [-0.1, -0.05) is 0 Å². The van der Waals surface area contributed by atoms with Crippen molar-refractivity contribution in [3.8, 4) is 0 Å². The molecule has 4 fully saturated rings. The lowest BCUT2D eigenvalue weighted by Crippen LogP contribution is -2.47. The van der Waals surface area contributed by atoms with E-state index in [1.807, 2.05) is 0 Å². The first kappa shape index (κ1) is 14.1. The first-order chi connectivity index (χ1) is 9.26. The predicted molar refractivity (Wildman–Crippen MR) is 65.9 cm³/mol. The number of carbonyl (C=O) groups is 2. The largest absolute Gasteiger partial charge is 0.450 e. The van der Waals surface area contributed by atoms with Crippen molar-refractivity contribution < 1.29 is 22.8 Å². The summed E-state index contributed by atoms with van der Waals surface area (Å²) < 4.78 is 36.6. The zero-order valence-electron chi connectivity index (χ0n) is 11.3. The fourth-order valence-electron chi connectivity index (χ4n) is 5.27. The van der Waals surface area contributed by atoms with E-state index in [0.717, 1.165) is 19.3 Å². The molecular formula is C15H19F3O2. The third-order valence-corrected chi connectivity index (χ3v) is 5.41. The minimum atomic E-state index is -4.88. The molecule has 0 heterocycles. The van der Waals surface area contributed by atoms with Crippen molar-refractivity contribution in [1.29, 1.82) is 0 Å². The van der Waals surface area contributed by atoms with Crippen molar-refractivity contribution >= 4 is 11.6 Å². The molecule has 0 N–H and O–H groups in total. The maximum absolute atomic E-state index is 12.2. The molecule has 20 heavy (non-hydrogen) atoms. The van der Waals surface area contributed by atoms with Crippen LogP contribution in [0.1, 0.15) is 51.4 Å². The topological polar surface area (TPSA) is 34.1 Å². The van der Waals surface area contributed by atoms with Gasteiger partial charge in [0.25, 0.3) is 0 Å². The molecule has 4 rings (SSSR count). The standard InChI is InChI=1S/C15H19F3O2/c16-15(17,18)13(20)4-12(19)8-14-5-9-1-10(6-14)3-11(2-9)7-14/h9-11H,1-8H2.